The van der Waals surface area contributed by atoms with Crippen LogP contribution in [0.25, 0.3) is 10.2 Å². The maximum atomic E-state index is 3.95. The highest BCUT2D eigenvalue weighted by molar-refractivity contribution is 7.16. The minimum absolute atomic E-state index is 0.933. The summed E-state index contributed by atoms with van der Waals surface area (Å²) in [6.45, 7) is 0. The summed E-state index contributed by atoms with van der Waals surface area (Å²) in [7, 11) is 0. The van der Waals surface area contributed by atoms with Crippen molar-refractivity contribution in [2.45, 2.75) is 0 Å². The summed E-state index contributed by atoms with van der Waals surface area (Å²) in [6, 6.07) is 1.93. The van der Waals surface area contributed by atoms with E-state index in [0.29, 0.717) is 0 Å². The van der Waals surface area contributed by atoms with Crippen LogP contribution in [0.2, 0.25) is 0 Å². The maximum Gasteiger partial charge on any atom is 0.153 e. The van der Waals surface area contributed by atoms with E-state index in [2.05, 4.69) is 15.5 Å². The summed E-state index contributed by atoms with van der Waals surface area (Å²) < 4.78 is 1.14. The molecule has 0 aliphatic carbocycles. The van der Waals surface area contributed by atoms with Crippen LogP contribution in [-0.4, -0.2) is 9.97 Å². The molecule has 0 aromatic carbocycles. The van der Waals surface area contributed by atoms with Crippen molar-refractivity contribution < 1.29 is 0 Å². The van der Waals surface area contributed by atoms with E-state index in [1.807, 2.05) is 6.07 Å². The normalized spacial score (nSPS) is 10.2. The summed E-state index contributed by atoms with van der Waals surface area (Å²) in [6.07, 6.45) is 3.50. The number of hydrogen-bond acceptors (Lipinski definition) is 3. The molecule has 0 amide bonds. The smallest absolute Gasteiger partial charge is 0.153 e. The summed E-state index contributed by atoms with van der Waals surface area (Å²) in [5.74, 6) is 0. The SMILES string of the molecule is [c]1nc2cnccc2s1. The summed E-state index contributed by atoms with van der Waals surface area (Å²) in [5, 5.41) is 0. The number of pyridine rings is 1. The van der Waals surface area contributed by atoms with Gasteiger partial charge in [-0.25, -0.2) is 4.98 Å². The van der Waals surface area contributed by atoms with Crippen LogP contribution in [0.5, 0.6) is 0 Å². The minimum atomic E-state index is 0.933. The van der Waals surface area contributed by atoms with Crippen molar-refractivity contribution >= 4 is 21.6 Å². The van der Waals surface area contributed by atoms with E-state index in [-0.39, 0.29) is 0 Å². The van der Waals surface area contributed by atoms with Crippen LogP contribution in [0.15, 0.2) is 18.5 Å². The lowest BCUT2D eigenvalue weighted by molar-refractivity contribution is 1.34. The number of hydrogen-bond donors (Lipinski definition) is 0. The molecule has 0 saturated carbocycles. The molecule has 0 bridgehead atoms. The van der Waals surface area contributed by atoms with Crippen LogP contribution in [0.1, 0.15) is 0 Å². The summed E-state index contributed by atoms with van der Waals surface area (Å²) >= 11 is 1.51. The molecule has 0 N–H and O–H groups in total. The van der Waals surface area contributed by atoms with Gasteiger partial charge < -0.3 is 0 Å². The fourth-order valence-electron chi connectivity index (χ4n) is 0.665. The van der Waals surface area contributed by atoms with Crippen LogP contribution < -0.4 is 0 Å². The Balaban J connectivity index is 2.95. The molecular weight excluding hydrogens is 132 g/mol. The zero-order valence-corrected chi connectivity index (χ0v) is 5.35. The molecule has 43 valence electrons. The highest BCUT2D eigenvalue weighted by Gasteiger charge is 1.91. The fraction of sp³-hybridized carbons (Fsp3) is 0. The van der Waals surface area contributed by atoms with Crippen molar-refractivity contribution in [2.24, 2.45) is 0 Å². The first-order chi connectivity index (χ1) is 4.47. The average Bonchev–Trinajstić information content (AvgIpc) is 2.33. The van der Waals surface area contributed by atoms with Crippen LogP contribution in [0, 0.1) is 5.51 Å². The van der Waals surface area contributed by atoms with Gasteiger partial charge in [0.2, 0.25) is 0 Å². The Labute approximate surface area is 56.2 Å². The Morgan fingerprint density at radius 1 is 1.56 bits per heavy atom. The lowest BCUT2D eigenvalue weighted by Gasteiger charge is -1.79. The monoisotopic (exact) mass is 135 g/mol. The quantitative estimate of drug-likeness (QED) is 0.547. The molecule has 0 aliphatic rings. The maximum absolute atomic E-state index is 3.95. The van der Waals surface area contributed by atoms with Crippen molar-refractivity contribution in [3.63, 3.8) is 0 Å². The Morgan fingerprint density at radius 2 is 2.56 bits per heavy atom. The van der Waals surface area contributed by atoms with E-state index < -0.39 is 0 Å². The molecule has 0 fully saturated rings. The van der Waals surface area contributed by atoms with E-state index in [4.69, 9.17) is 0 Å². The summed E-state index contributed by atoms with van der Waals surface area (Å²) in [5.41, 5.74) is 3.72. The van der Waals surface area contributed by atoms with Crippen LogP contribution in [-0.2, 0) is 0 Å². The van der Waals surface area contributed by atoms with Gasteiger partial charge in [0.05, 0.1) is 10.9 Å². The Hall–Kier alpha value is -0.960. The fourth-order valence-corrected chi connectivity index (χ4v) is 1.24. The van der Waals surface area contributed by atoms with Crippen molar-refractivity contribution in [3.05, 3.63) is 24.0 Å². The number of rotatable bonds is 0. The second-order valence-electron chi connectivity index (χ2n) is 1.65. The Morgan fingerprint density at radius 3 is 3.44 bits per heavy atom. The predicted molar refractivity (Wildman–Crippen MR) is 36.3 cm³/mol. The average molecular weight is 135 g/mol. The standard InChI is InChI=1S/C6H3N2S/c1-2-7-3-5-6(1)9-4-8-5/h1-3H. The Kier molecular flexibility index (Phi) is 0.960. The van der Waals surface area contributed by atoms with E-state index in [1.54, 1.807) is 12.4 Å². The first-order valence-corrected chi connectivity index (χ1v) is 3.35. The molecule has 0 spiro atoms. The lowest BCUT2D eigenvalue weighted by Crippen LogP contribution is -1.67. The van der Waals surface area contributed by atoms with Crippen molar-refractivity contribution in [2.75, 3.05) is 0 Å². The van der Waals surface area contributed by atoms with Gasteiger partial charge in [0.25, 0.3) is 0 Å². The first-order valence-electron chi connectivity index (χ1n) is 2.53. The van der Waals surface area contributed by atoms with Crippen molar-refractivity contribution in [3.8, 4) is 0 Å². The van der Waals surface area contributed by atoms with Gasteiger partial charge in [-0.15, -0.1) is 11.3 Å². The third-order valence-corrected chi connectivity index (χ3v) is 1.83. The highest BCUT2D eigenvalue weighted by Crippen LogP contribution is 2.13. The van der Waals surface area contributed by atoms with Gasteiger partial charge in [0, 0.05) is 6.20 Å². The zero-order chi connectivity index (χ0) is 6.10. The molecule has 2 aromatic rings. The van der Waals surface area contributed by atoms with E-state index >= 15 is 0 Å². The second-order valence-corrected chi connectivity index (χ2v) is 2.48. The number of thiazole rings is 1. The van der Waals surface area contributed by atoms with Gasteiger partial charge in [-0.3, -0.25) is 4.98 Å². The van der Waals surface area contributed by atoms with Gasteiger partial charge >= 0.3 is 0 Å². The molecule has 0 unspecified atom stereocenters. The van der Waals surface area contributed by atoms with E-state index in [9.17, 15) is 0 Å². The zero-order valence-electron chi connectivity index (χ0n) is 4.53. The predicted octanol–water partition coefficient (Wildman–Crippen LogP) is 1.49. The molecule has 2 rings (SSSR count). The van der Waals surface area contributed by atoms with Crippen LogP contribution in [0.4, 0.5) is 0 Å². The van der Waals surface area contributed by atoms with Crippen LogP contribution in [0.3, 0.4) is 0 Å². The third-order valence-electron chi connectivity index (χ3n) is 1.08. The highest BCUT2D eigenvalue weighted by atomic mass is 32.1. The van der Waals surface area contributed by atoms with Crippen LogP contribution >= 0.6 is 11.3 Å². The number of fused-ring (bicyclic) bond motifs is 1. The molecular formula is C6H3N2S. The van der Waals surface area contributed by atoms with Crippen molar-refractivity contribution in [1.82, 2.24) is 9.97 Å². The third kappa shape index (κ3) is 0.695. The minimum Gasteiger partial charge on any atom is -0.262 e. The van der Waals surface area contributed by atoms with Gasteiger partial charge in [-0.2, -0.15) is 0 Å². The molecule has 3 heteroatoms. The Bertz CT molecular complexity index is 285. The number of aromatic nitrogens is 2. The largest absolute Gasteiger partial charge is 0.262 e. The first kappa shape index (κ1) is 4.88. The molecule has 9 heavy (non-hydrogen) atoms. The molecule has 0 aliphatic heterocycles. The van der Waals surface area contributed by atoms with Gasteiger partial charge in [0.15, 0.2) is 5.51 Å². The molecule has 2 nitrogen and oxygen atoms in total. The van der Waals surface area contributed by atoms with Gasteiger partial charge in [-0.1, -0.05) is 0 Å². The lowest BCUT2D eigenvalue weighted by atomic mass is 10.5. The molecule has 0 saturated heterocycles. The topological polar surface area (TPSA) is 25.8 Å². The number of nitrogens with zero attached hydrogens (tertiary/aromatic N) is 2. The van der Waals surface area contributed by atoms with E-state index in [1.165, 1.54) is 11.3 Å². The molecule has 0 atom stereocenters. The summed E-state index contributed by atoms with van der Waals surface area (Å²) in [4.78, 5) is 7.86. The molecule has 2 aromatic heterocycles. The van der Waals surface area contributed by atoms with Gasteiger partial charge in [-0.05, 0) is 6.07 Å². The van der Waals surface area contributed by atoms with Crippen molar-refractivity contribution in [1.29, 1.82) is 0 Å². The molecule has 1 radical (unpaired) electrons. The second kappa shape index (κ2) is 1.77. The molecule has 2 heterocycles. The van der Waals surface area contributed by atoms with E-state index in [0.717, 1.165) is 10.2 Å². The van der Waals surface area contributed by atoms with Gasteiger partial charge in [0.1, 0.15) is 5.52 Å².